The van der Waals surface area contributed by atoms with Crippen LogP contribution >= 0.6 is 11.8 Å². The molecule has 0 aliphatic rings. The van der Waals surface area contributed by atoms with Crippen molar-refractivity contribution in [2.75, 3.05) is 12.0 Å². The number of carboxylic acids is 1. The first-order valence-corrected chi connectivity index (χ1v) is 4.05. The third kappa shape index (κ3) is 6.78. The van der Waals surface area contributed by atoms with E-state index in [1.54, 1.807) is 11.8 Å². The van der Waals surface area contributed by atoms with Crippen LogP contribution < -0.4 is 5.73 Å². The predicted octanol–water partition coefficient (Wildman–Crippen LogP) is 0.149. The Morgan fingerprint density at radius 3 is 2.60 bits per heavy atom. The van der Waals surface area contributed by atoms with E-state index in [4.69, 9.17) is 10.8 Å². The Balaban J connectivity index is 0. The molecule has 0 rings (SSSR count). The monoisotopic (exact) mass is 239 g/mol. The van der Waals surface area contributed by atoms with E-state index < -0.39 is 12.0 Å². The smallest absolute Gasteiger partial charge is 0.320 e. The van der Waals surface area contributed by atoms with Crippen LogP contribution in [0.2, 0.25) is 0 Å². The topological polar surface area (TPSA) is 63.3 Å². The third-order valence-corrected chi connectivity index (χ3v) is 1.59. The zero-order chi connectivity index (χ0) is 7.28. The van der Waals surface area contributed by atoms with Gasteiger partial charge in [0.2, 0.25) is 0 Å². The minimum absolute atomic E-state index is 0. The maximum absolute atomic E-state index is 10.1. The van der Waals surface area contributed by atoms with Crippen LogP contribution in [0.3, 0.4) is 0 Å². The zero-order valence-electron chi connectivity index (χ0n) is 5.83. The SMILES string of the molecule is CSCCC(N)C(=O)O.[Zr]. The van der Waals surface area contributed by atoms with Crippen molar-refractivity contribution in [1.82, 2.24) is 0 Å². The summed E-state index contributed by atoms with van der Waals surface area (Å²) in [6.45, 7) is 0. The maximum Gasteiger partial charge on any atom is 0.320 e. The summed E-state index contributed by atoms with van der Waals surface area (Å²) >= 11 is 1.60. The molecule has 5 heteroatoms. The van der Waals surface area contributed by atoms with E-state index in [1.165, 1.54) is 0 Å². The number of hydrogen-bond donors (Lipinski definition) is 2. The van der Waals surface area contributed by atoms with Crippen molar-refractivity contribution in [3.05, 3.63) is 0 Å². The first-order valence-electron chi connectivity index (χ1n) is 2.65. The largest absolute Gasteiger partial charge is 0.480 e. The third-order valence-electron chi connectivity index (χ3n) is 0.950. The first-order chi connectivity index (χ1) is 4.18. The van der Waals surface area contributed by atoms with Crippen molar-refractivity contribution in [3.63, 3.8) is 0 Å². The first kappa shape index (κ1) is 13.3. The van der Waals surface area contributed by atoms with Gasteiger partial charge in [-0.1, -0.05) is 0 Å². The molecule has 58 valence electrons. The van der Waals surface area contributed by atoms with Crippen molar-refractivity contribution in [2.24, 2.45) is 5.73 Å². The summed E-state index contributed by atoms with van der Waals surface area (Å²) in [5.74, 6) is -0.1000. The Morgan fingerprint density at radius 1 is 1.80 bits per heavy atom. The summed E-state index contributed by atoms with van der Waals surface area (Å²) in [7, 11) is 0. The molecule has 0 aliphatic carbocycles. The maximum atomic E-state index is 10.1. The van der Waals surface area contributed by atoms with Gasteiger partial charge in [0.15, 0.2) is 0 Å². The van der Waals surface area contributed by atoms with E-state index >= 15 is 0 Å². The van der Waals surface area contributed by atoms with Gasteiger partial charge in [-0.3, -0.25) is 4.79 Å². The van der Waals surface area contributed by atoms with Gasteiger partial charge in [-0.15, -0.1) is 0 Å². The summed E-state index contributed by atoms with van der Waals surface area (Å²) in [6, 6.07) is -0.683. The van der Waals surface area contributed by atoms with Gasteiger partial charge in [0.25, 0.3) is 0 Å². The second kappa shape index (κ2) is 7.77. The van der Waals surface area contributed by atoms with Crippen LogP contribution in [-0.2, 0) is 31.0 Å². The number of aliphatic carboxylic acids is 1. The molecule has 0 heterocycles. The predicted molar refractivity (Wildman–Crippen MR) is 38.6 cm³/mol. The van der Waals surface area contributed by atoms with Crippen molar-refractivity contribution < 1.29 is 36.1 Å². The van der Waals surface area contributed by atoms with Crippen molar-refractivity contribution in [3.8, 4) is 0 Å². The van der Waals surface area contributed by atoms with Crippen LogP contribution in [0, 0.1) is 0 Å². The van der Waals surface area contributed by atoms with E-state index in [0.29, 0.717) is 6.42 Å². The fourth-order valence-corrected chi connectivity index (χ4v) is 0.858. The van der Waals surface area contributed by atoms with Crippen LogP contribution in [0.4, 0.5) is 0 Å². The molecule has 0 radical (unpaired) electrons. The molecule has 0 fully saturated rings. The van der Waals surface area contributed by atoms with Gasteiger partial charge in [-0.2, -0.15) is 11.8 Å². The van der Waals surface area contributed by atoms with E-state index in [0.717, 1.165) is 5.75 Å². The Labute approximate surface area is 83.9 Å². The number of nitrogens with two attached hydrogens (primary N) is 1. The summed E-state index contributed by atoms with van der Waals surface area (Å²) in [4.78, 5) is 10.1. The number of rotatable bonds is 4. The second-order valence-corrected chi connectivity index (χ2v) is 2.71. The molecule has 3 N–H and O–H groups in total. The molecule has 0 aromatic carbocycles. The van der Waals surface area contributed by atoms with Gasteiger partial charge >= 0.3 is 5.97 Å². The van der Waals surface area contributed by atoms with Crippen LogP contribution in [0.5, 0.6) is 0 Å². The summed E-state index contributed by atoms with van der Waals surface area (Å²) in [5.41, 5.74) is 5.19. The second-order valence-electron chi connectivity index (χ2n) is 1.73. The molecule has 0 saturated heterocycles. The molecule has 0 amide bonds. The fraction of sp³-hybridized carbons (Fsp3) is 0.800. The van der Waals surface area contributed by atoms with Gasteiger partial charge in [0, 0.05) is 26.2 Å². The van der Waals surface area contributed by atoms with Crippen LogP contribution in [0.25, 0.3) is 0 Å². The molecule has 10 heavy (non-hydrogen) atoms. The van der Waals surface area contributed by atoms with Crippen LogP contribution in [-0.4, -0.2) is 29.1 Å². The van der Waals surface area contributed by atoms with Gasteiger partial charge in [-0.25, -0.2) is 0 Å². The Kier molecular flexibility index (Phi) is 10.3. The number of carboxylic acid groups (broad SMARTS) is 1. The van der Waals surface area contributed by atoms with E-state index in [1.807, 2.05) is 6.26 Å². The molecule has 0 bridgehead atoms. The quantitative estimate of drug-likeness (QED) is 0.734. The Bertz CT molecular complexity index is 102. The molecular weight excluding hydrogens is 229 g/mol. The molecule has 1 unspecified atom stereocenters. The zero-order valence-corrected chi connectivity index (χ0v) is 9.11. The van der Waals surface area contributed by atoms with Gasteiger partial charge in [-0.05, 0) is 18.4 Å². The minimum atomic E-state index is -0.913. The average Bonchev–Trinajstić information content (AvgIpc) is 1.82. The van der Waals surface area contributed by atoms with E-state index in [-0.39, 0.29) is 26.2 Å². The van der Waals surface area contributed by atoms with Crippen molar-refractivity contribution >= 4 is 17.7 Å². The number of carbonyl (C=O) groups is 1. The molecule has 0 spiro atoms. The summed E-state index contributed by atoms with van der Waals surface area (Å²) in [6.07, 6.45) is 2.48. The summed E-state index contributed by atoms with van der Waals surface area (Å²) < 4.78 is 0. The van der Waals surface area contributed by atoms with Crippen molar-refractivity contribution in [1.29, 1.82) is 0 Å². The van der Waals surface area contributed by atoms with Crippen LogP contribution in [0.15, 0.2) is 0 Å². The standard InChI is InChI=1S/C5H11NO2S.Zr/c1-9-3-2-4(6)5(7)8;/h4H,2-3,6H2,1H3,(H,7,8);. The minimum Gasteiger partial charge on any atom is -0.480 e. The molecule has 0 saturated carbocycles. The number of thioether (sulfide) groups is 1. The van der Waals surface area contributed by atoms with Gasteiger partial charge in [0.05, 0.1) is 0 Å². The Hall–Kier alpha value is 0.663. The van der Waals surface area contributed by atoms with E-state index in [2.05, 4.69) is 0 Å². The van der Waals surface area contributed by atoms with E-state index in [9.17, 15) is 4.79 Å². The van der Waals surface area contributed by atoms with Crippen LogP contribution in [0.1, 0.15) is 6.42 Å². The van der Waals surface area contributed by atoms with Crippen molar-refractivity contribution in [2.45, 2.75) is 12.5 Å². The number of hydrogen-bond acceptors (Lipinski definition) is 3. The molecule has 1 atom stereocenters. The summed E-state index contributed by atoms with van der Waals surface area (Å²) in [5, 5.41) is 8.27. The van der Waals surface area contributed by atoms with Gasteiger partial charge < -0.3 is 10.8 Å². The molecule has 0 aromatic heterocycles. The molecule has 0 aliphatic heterocycles. The Morgan fingerprint density at radius 2 is 2.30 bits per heavy atom. The molecular formula is C5H11NO2SZr. The molecule has 0 aromatic rings. The normalized spacial score (nSPS) is 11.8. The average molecular weight is 240 g/mol. The molecule has 3 nitrogen and oxygen atoms in total. The van der Waals surface area contributed by atoms with Gasteiger partial charge in [0.1, 0.15) is 6.04 Å². The fourth-order valence-electron chi connectivity index (χ4n) is 0.368.